The molecule has 1 fully saturated rings. The van der Waals surface area contributed by atoms with E-state index in [-0.39, 0.29) is 6.04 Å². The molecule has 3 aromatic rings. The Bertz CT molecular complexity index is 1050. The number of hydrogen-bond acceptors (Lipinski definition) is 5. The molecule has 4 atom stereocenters. The van der Waals surface area contributed by atoms with E-state index in [0.29, 0.717) is 6.42 Å². The second-order valence-corrected chi connectivity index (χ2v) is 8.41. The van der Waals surface area contributed by atoms with E-state index < -0.39 is 18.3 Å². The lowest BCUT2D eigenvalue weighted by molar-refractivity contribution is -0.0166. The minimum absolute atomic E-state index is 0.271. The van der Waals surface area contributed by atoms with Crippen LogP contribution in [0.1, 0.15) is 29.2 Å². The van der Waals surface area contributed by atoms with Gasteiger partial charge in [0.15, 0.2) is 0 Å². The van der Waals surface area contributed by atoms with E-state index in [9.17, 15) is 10.2 Å². The van der Waals surface area contributed by atoms with Crippen LogP contribution in [0.15, 0.2) is 42.7 Å². The number of hydrogen-bond donors (Lipinski definition) is 2. The molecule has 1 aliphatic carbocycles. The van der Waals surface area contributed by atoms with Gasteiger partial charge in [-0.05, 0) is 55.3 Å². The molecule has 29 heavy (non-hydrogen) atoms. The van der Waals surface area contributed by atoms with E-state index in [1.807, 2.05) is 35.0 Å². The number of aryl methyl sites for hydroxylation is 1. The van der Waals surface area contributed by atoms with Gasteiger partial charge in [-0.15, -0.1) is 0 Å². The number of pyridine rings is 1. The zero-order chi connectivity index (χ0) is 20.1. The smallest absolute Gasteiger partial charge is 0.140 e. The second-order valence-electron chi connectivity index (χ2n) is 8.41. The molecule has 152 valence electrons. The van der Waals surface area contributed by atoms with Crippen LogP contribution >= 0.6 is 0 Å². The highest BCUT2D eigenvalue weighted by molar-refractivity contribution is 5.79. The van der Waals surface area contributed by atoms with Gasteiger partial charge in [0.05, 0.1) is 6.04 Å². The fourth-order valence-electron chi connectivity index (χ4n) is 4.81. The zero-order valence-corrected chi connectivity index (χ0v) is 16.8. The Hall–Kier alpha value is -2.41. The third-order valence-corrected chi connectivity index (χ3v) is 6.48. The summed E-state index contributed by atoms with van der Waals surface area (Å²) < 4.78 is 8.27. The maximum absolute atomic E-state index is 10.8. The number of benzene rings is 1. The van der Waals surface area contributed by atoms with Crippen molar-refractivity contribution in [3.63, 3.8) is 0 Å². The van der Waals surface area contributed by atoms with Crippen molar-refractivity contribution in [1.29, 1.82) is 0 Å². The molecule has 0 radical (unpaired) electrons. The van der Waals surface area contributed by atoms with Crippen LogP contribution in [0.25, 0.3) is 11.0 Å². The summed E-state index contributed by atoms with van der Waals surface area (Å²) in [4.78, 5) is 6.80. The Morgan fingerprint density at radius 3 is 2.86 bits per heavy atom. The second kappa shape index (κ2) is 7.13. The van der Waals surface area contributed by atoms with Crippen molar-refractivity contribution in [3.05, 3.63) is 59.4 Å². The lowest BCUT2D eigenvalue weighted by Crippen LogP contribution is -2.34. The molecule has 1 aliphatic heterocycles. The van der Waals surface area contributed by atoms with Gasteiger partial charge in [0.2, 0.25) is 0 Å². The predicted octanol–water partition coefficient (Wildman–Crippen LogP) is 2.45. The van der Waals surface area contributed by atoms with Gasteiger partial charge in [0.25, 0.3) is 0 Å². The maximum atomic E-state index is 10.8. The fourth-order valence-corrected chi connectivity index (χ4v) is 4.81. The number of aromatic nitrogens is 2. The van der Waals surface area contributed by atoms with Crippen LogP contribution in [-0.2, 0) is 13.0 Å². The summed E-state index contributed by atoms with van der Waals surface area (Å²) in [6.45, 7) is 3.95. The molecule has 1 aromatic carbocycles. The monoisotopic (exact) mass is 393 g/mol. The van der Waals surface area contributed by atoms with E-state index >= 15 is 0 Å². The van der Waals surface area contributed by atoms with Crippen molar-refractivity contribution >= 4 is 11.0 Å². The highest BCUT2D eigenvalue weighted by atomic mass is 16.5. The van der Waals surface area contributed by atoms with E-state index in [1.165, 1.54) is 11.1 Å². The fraction of sp³-hybridized carbons (Fsp3) is 0.435. The number of nitrogens with zero attached hydrogens (tertiary/aromatic N) is 3. The number of aliphatic hydroxyl groups is 2. The van der Waals surface area contributed by atoms with Crippen LogP contribution in [0, 0.1) is 6.92 Å². The number of ether oxygens (including phenoxy) is 1. The van der Waals surface area contributed by atoms with Crippen LogP contribution in [0.4, 0.5) is 0 Å². The highest BCUT2D eigenvalue weighted by Crippen LogP contribution is 2.37. The SMILES string of the molecule is Cc1ccnc2c1ccn2C1CC(Oc2cccc3c2CCN(C)C3)[C@@H](O)[C@H]1O. The molecule has 2 N–H and O–H groups in total. The Labute approximate surface area is 170 Å². The molecular weight excluding hydrogens is 366 g/mol. The van der Waals surface area contributed by atoms with E-state index in [1.54, 1.807) is 6.20 Å². The Morgan fingerprint density at radius 2 is 2.00 bits per heavy atom. The van der Waals surface area contributed by atoms with Crippen molar-refractivity contribution in [2.24, 2.45) is 0 Å². The highest BCUT2D eigenvalue weighted by Gasteiger charge is 2.44. The average Bonchev–Trinajstić information content (AvgIpc) is 3.25. The molecule has 2 aromatic heterocycles. The number of fused-ring (bicyclic) bond motifs is 2. The standard InChI is InChI=1S/C23H27N3O3/c1-14-6-9-24-23-16(14)8-11-26(23)18-12-20(22(28)21(18)27)29-19-5-3-4-15-13-25(2)10-7-17(15)19/h3-6,8-9,11,18,20-22,27-28H,7,10,12-13H2,1-2H3/t18?,20?,21-,22+/m0/s1. The molecule has 5 rings (SSSR count). The van der Waals surface area contributed by atoms with Crippen LogP contribution in [0.5, 0.6) is 5.75 Å². The number of aliphatic hydroxyl groups excluding tert-OH is 2. The van der Waals surface area contributed by atoms with Crippen LogP contribution in [-0.4, -0.2) is 56.6 Å². The first kappa shape index (κ1) is 18.6. The van der Waals surface area contributed by atoms with Crippen LogP contribution in [0.3, 0.4) is 0 Å². The van der Waals surface area contributed by atoms with E-state index in [0.717, 1.165) is 41.9 Å². The van der Waals surface area contributed by atoms with E-state index in [4.69, 9.17) is 4.74 Å². The van der Waals surface area contributed by atoms with Gasteiger partial charge in [-0.2, -0.15) is 0 Å². The lowest BCUT2D eigenvalue weighted by atomic mass is 9.99. The predicted molar refractivity (Wildman–Crippen MR) is 111 cm³/mol. The normalized spacial score (nSPS) is 27.3. The van der Waals surface area contributed by atoms with Crippen molar-refractivity contribution in [1.82, 2.24) is 14.5 Å². The Balaban J connectivity index is 1.42. The summed E-state index contributed by atoms with van der Waals surface area (Å²) >= 11 is 0. The number of rotatable bonds is 3. The van der Waals surface area contributed by atoms with Gasteiger partial charge >= 0.3 is 0 Å². The van der Waals surface area contributed by atoms with Crippen molar-refractivity contribution in [3.8, 4) is 5.75 Å². The first-order chi connectivity index (χ1) is 14.0. The van der Waals surface area contributed by atoms with Crippen molar-refractivity contribution in [2.45, 2.75) is 50.7 Å². The molecule has 6 heteroatoms. The summed E-state index contributed by atoms with van der Waals surface area (Å²) in [6.07, 6.45) is 2.91. The van der Waals surface area contributed by atoms with Crippen LogP contribution in [0.2, 0.25) is 0 Å². The first-order valence-corrected chi connectivity index (χ1v) is 10.3. The molecule has 3 heterocycles. The van der Waals surface area contributed by atoms with Crippen molar-refractivity contribution in [2.75, 3.05) is 13.6 Å². The molecule has 2 aliphatic rings. The van der Waals surface area contributed by atoms with Crippen LogP contribution < -0.4 is 4.74 Å². The first-order valence-electron chi connectivity index (χ1n) is 10.3. The quantitative estimate of drug-likeness (QED) is 0.715. The maximum Gasteiger partial charge on any atom is 0.140 e. The molecule has 2 unspecified atom stereocenters. The third-order valence-electron chi connectivity index (χ3n) is 6.48. The average molecular weight is 393 g/mol. The number of likely N-dealkylation sites (N-methyl/N-ethyl adjacent to an activating group) is 1. The van der Waals surface area contributed by atoms with Crippen molar-refractivity contribution < 1.29 is 14.9 Å². The van der Waals surface area contributed by atoms with Gasteiger partial charge in [0.1, 0.15) is 29.7 Å². The molecule has 0 bridgehead atoms. The third kappa shape index (κ3) is 3.12. The lowest BCUT2D eigenvalue weighted by Gasteiger charge is -2.28. The van der Waals surface area contributed by atoms with Gasteiger partial charge in [-0.25, -0.2) is 4.98 Å². The van der Waals surface area contributed by atoms with Gasteiger partial charge in [-0.1, -0.05) is 12.1 Å². The largest absolute Gasteiger partial charge is 0.487 e. The Kier molecular flexibility index (Phi) is 4.57. The summed E-state index contributed by atoms with van der Waals surface area (Å²) in [5, 5.41) is 22.6. The minimum Gasteiger partial charge on any atom is -0.487 e. The van der Waals surface area contributed by atoms with Gasteiger partial charge in [0, 0.05) is 37.3 Å². The summed E-state index contributed by atoms with van der Waals surface area (Å²) in [7, 11) is 2.12. The van der Waals surface area contributed by atoms with Gasteiger partial charge < -0.3 is 24.4 Å². The summed E-state index contributed by atoms with van der Waals surface area (Å²) in [5.74, 6) is 0.832. The molecular formula is C23H27N3O3. The van der Waals surface area contributed by atoms with E-state index in [2.05, 4.69) is 29.9 Å². The Morgan fingerprint density at radius 1 is 1.14 bits per heavy atom. The molecule has 1 saturated carbocycles. The molecule has 0 amide bonds. The summed E-state index contributed by atoms with van der Waals surface area (Å²) in [6, 6.07) is 9.86. The van der Waals surface area contributed by atoms with Gasteiger partial charge in [-0.3, -0.25) is 0 Å². The minimum atomic E-state index is -0.940. The molecule has 0 spiro atoms. The summed E-state index contributed by atoms with van der Waals surface area (Å²) in [5.41, 5.74) is 4.48. The zero-order valence-electron chi connectivity index (χ0n) is 16.8. The topological polar surface area (TPSA) is 70.8 Å². The molecule has 0 saturated heterocycles. The molecule has 6 nitrogen and oxygen atoms in total.